The van der Waals surface area contributed by atoms with Crippen LogP contribution in [0.15, 0.2) is 24.4 Å². The van der Waals surface area contributed by atoms with E-state index in [1.165, 1.54) is 25.7 Å². The van der Waals surface area contributed by atoms with Crippen molar-refractivity contribution in [1.29, 1.82) is 0 Å². The van der Waals surface area contributed by atoms with E-state index in [-0.39, 0.29) is 12.5 Å². The van der Waals surface area contributed by atoms with Gasteiger partial charge in [0, 0.05) is 29.1 Å². The highest BCUT2D eigenvalue weighted by atomic mass is 32.2. The number of aromatic nitrogens is 1. The van der Waals surface area contributed by atoms with Gasteiger partial charge < -0.3 is 14.7 Å². The highest BCUT2D eigenvalue weighted by Gasteiger charge is 2.40. The Bertz CT molecular complexity index is 983. The summed E-state index contributed by atoms with van der Waals surface area (Å²) in [7, 11) is 1.64. The number of pyridine rings is 1. The molecule has 7 nitrogen and oxygen atoms in total. The number of carbonyl (C=O) groups excluding carboxylic acids is 1. The van der Waals surface area contributed by atoms with E-state index in [4.69, 9.17) is 4.74 Å². The van der Waals surface area contributed by atoms with Gasteiger partial charge in [0.15, 0.2) is 0 Å². The molecule has 1 aromatic heterocycles. The summed E-state index contributed by atoms with van der Waals surface area (Å²) in [5.74, 6) is 1.65. The van der Waals surface area contributed by atoms with Crippen LogP contribution < -0.4 is 10.2 Å². The average molecular weight is 502 g/mol. The number of thioether (sulfide) groups is 1. The number of benzene rings is 1. The molecular weight excluding hydrogens is 462 g/mol. The fourth-order valence-electron chi connectivity index (χ4n) is 5.75. The maximum Gasteiger partial charge on any atom is 0.249 e. The summed E-state index contributed by atoms with van der Waals surface area (Å²) in [6, 6.07) is 5.79. The van der Waals surface area contributed by atoms with Gasteiger partial charge in [0.1, 0.15) is 5.75 Å². The molecule has 8 heteroatoms. The molecule has 1 saturated heterocycles. The molecule has 3 N–H and O–H groups in total. The van der Waals surface area contributed by atoms with Crippen molar-refractivity contribution in [2.45, 2.75) is 69.6 Å². The fraction of sp³-hybridized carbons (Fsp3) is 0.630. The van der Waals surface area contributed by atoms with Crippen molar-refractivity contribution in [2.75, 3.05) is 32.5 Å². The molecule has 0 unspecified atom stereocenters. The molecule has 1 aliphatic carbocycles. The smallest absolute Gasteiger partial charge is 0.249 e. The Morgan fingerprint density at radius 3 is 2.74 bits per heavy atom. The lowest BCUT2D eigenvalue weighted by Gasteiger charge is -2.40. The van der Waals surface area contributed by atoms with Crippen LogP contribution in [0.2, 0.25) is 0 Å². The first-order valence-corrected chi connectivity index (χ1v) is 14.0. The number of aliphatic hydroxyl groups is 1. The standard InChI is InChI=1S/C27H39N3O4S/c1-34-21-8-9-25-24(17-21)23(20(19-31)18-28-25)7-4-10-27(26(32)29-33)11-13-30(14-12-27)15-16-35-22-5-2-3-6-22/h8-9,17-18,22,31,33H,2-7,10-16,19H2,1H3,(H,29,32). The molecule has 1 aliphatic heterocycles. The Morgan fingerprint density at radius 1 is 1.29 bits per heavy atom. The predicted octanol–water partition coefficient (Wildman–Crippen LogP) is 4.32. The largest absolute Gasteiger partial charge is 0.497 e. The molecule has 2 aromatic rings. The summed E-state index contributed by atoms with van der Waals surface area (Å²) < 4.78 is 5.40. The zero-order chi connectivity index (χ0) is 24.7. The number of hydroxylamine groups is 1. The highest BCUT2D eigenvalue weighted by molar-refractivity contribution is 7.99. The molecular formula is C27H39N3O4S. The van der Waals surface area contributed by atoms with Crippen LogP contribution in [-0.4, -0.2) is 63.9 Å². The van der Waals surface area contributed by atoms with Gasteiger partial charge in [-0.2, -0.15) is 11.8 Å². The summed E-state index contributed by atoms with van der Waals surface area (Å²) in [6.07, 6.45) is 10.9. The first-order valence-electron chi connectivity index (χ1n) is 12.9. The van der Waals surface area contributed by atoms with E-state index in [1.807, 2.05) is 23.7 Å². The van der Waals surface area contributed by atoms with Crippen LogP contribution in [0.4, 0.5) is 0 Å². The van der Waals surface area contributed by atoms with Crippen LogP contribution in [0.5, 0.6) is 5.75 Å². The van der Waals surface area contributed by atoms with E-state index >= 15 is 0 Å². The second-order valence-corrected chi connectivity index (χ2v) is 11.4. The van der Waals surface area contributed by atoms with Gasteiger partial charge in [-0.15, -0.1) is 0 Å². The van der Waals surface area contributed by atoms with Crippen molar-refractivity contribution in [1.82, 2.24) is 15.4 Å². The van der Waals surface area contributed by atoms with Gasteiger partial charge in [0.25, 0.3) is 0 Å². The number of hydrogen-bond donors (Lipinski definition) is 3. The quantitative estimate of drug-likeness (QED) is 0.312. The van der Waals surface area contributed by atoms with Gasteiger partial charge in [0.05, 0.1) is 24.6 Å². The normalized spacial score (nSPS) is 18.7. The average Bonchev–Trinajstić information content (AvgIpc) is 3.42. The number of aryl methyl sites for hydroxylation is 1. The van der Waals surface area contributed by atoms with Gasteiger partial charge in [-0.1, -0.05) is 12.8 Å². The number of piperidine rings is 1. The Hall–Kier alpha value is -1.87. The molecule has 0 bridgehead atoms. The van der Waals surface area contributed by atoms with Crippen LogP contribution in [-0.2, 0) is 17.8 Å². The molecule has 0 radical (unpaired) electrons. The first kappa shape index (κ1) is 26.2. The molecule has 1 aromatic carbocycles. The van der Waals surface area contributed by atoms with Crippen molar-refractivity contribution in [2.24, 2.45) is 5.41 Å². The van der Waals surface area contributed by atoms with Crippen LogP contribution in [0.25, 0.3) is 10.9 Å². The maximum atomic E-state index is 12.8. The van der Waals surface area contributed by atoms with E-state index in [1.54, 1.807) is 13.3 Å². The van der Waals surface area contributed by atoms with Crippen molar-refractivity contribution in [3.05, 3.63) is 35.5 Å². The van der Waals surface area contributed by atoms with Crippen LogP contribution in [0, 0.1) is 5.41 Å². The minimum absolute atomic E-state index is 0.0778. The minimum atomic E-state index is -0.552. The second kappa shape index (κ2) is 12.4. The lowest BCUT2D eigenvalue weighted by molar-refractivity contribution is -0.143. The molecule has 35 heavy (non-hydrogen) atoms. The number of ether oxygens (including phenoxy) is 1. The summed E-state index contributed by atoms with van der Waals surface area (Å²) >= 11 is 2.11. The van der Waals surface area contributed by atoms with Gasteiger partial charge >= 0.3 is 0 Å². The summed E-state index contributed by atoms with van der Waals surface area (Å²) in [5.41, 5.74) is 4.13. The van der Waals surface area contributed by atoms with Gasteiger partial charge in [-0.3, -0.25) is 15.0 Å². The van der Waals surface area contributed by atoms with Crippen molar-refractivity contribution >= 4 is 28.6 Å². The van der Waals surface area contributed by atoms with Crippen LogP contribution in [0.1, 0.15) is 62.5 Å². The van der Waals surface area contributed by atoms with Crippen molar-refractivity contribution in [3.8, 4) is 5.75 Å². The number of nitrogens with zero attached hydrogens (tertiary/aromatic N) is 2. The molecule has 192 valence electrons. The number of rotatable bonds is 11. The van der Waals surface area contributed by atoms with Crippen molar-refractivity contribution in [3.63, 3.8) is 0 Å². The molecule has 2 fully saturated rings. The summed E-state index contributed by atoms with van der Waals surface area (Å²) in [5, 5.41) is 21.2. The van der Waals surface area contributed by atoms with Gasteiger partial charge in [0.2, 0.25) is 5.91 Å². The molecule has 1 amide bonds. The summed E-state index contributed by atoms with van der Waals surface area (Å²) in [4.78, 5) is 19.7. The molecule has 0 spiro atoms. The lowest BCUT2D eigenvalue weighted by Crippen LogP contribution is -2.48. The topological polar surface area (TPSA) is 94.9 Å². The van der Waals surface area contributed by atoms with E-state index in [0.717, 1.165) is 84.1 Å². The van der Waals surface area contributed by atoms with Crippen LogP contribution in [0.3, 0.4) is 0 Å². The zero-order valence-corrected chi connectivity index (χ0v) is 21.6. The second-order valence-electron chi connectivity index (χ2n) is 10.00. The number of aliphatic hydroxyl groups excluding tert-OH is 1. The Balaban J connectivity index is 1.38. The van der Waals surface area contributed by atoms with E-state index in [2.05, 4.69) is 21.6 Å². The van der Waals surface area contributed by atoms with E-state index < -0.39 is 5.41 Å². The fourth-order valence-corrected chi connectivity index (χ4v) is 7.11. The van der Waals surface area contributed by atoms with Crippen molar-refractivity contribution < 1.29 is 19.8 Å². The highest BCUT2D eigenvalue weighted by Crippen LogP contribution is 2.38. The van der Waals surface area contributed by atoms with Crippen LogP contribution >= 0.6 is 11.8 Å². The molecule has 2 heterocycles. The Morgan fingerprint density at radius 2 is 2.06 bits per heavy atom. The van der Waals surface area contributed by atoms with E-state index in [0.29, 0.717) is 6.42 Å². The number of hydrogen-bond acceptors (Lipinski definition) is 7. The Kier molecular flexibility index (Phi) is 9.27. The molecule has 4 rings (SSSR count). The predicted molar refractivity (Wildman–Crippen MR) is 140 cm³/mol. The molecule has 1 saturated carbocycles. The zero-order valence-electron chi connectivity index (χ0n) is 20.8. The number of fused-ring (bicyclic) bond motifs is 1. The Labute approximate surface area is 212 Å². The molecule has 0 atom stereocenters. The summed E-state index contributed by atoms with van der Waals surface area (Å²) in [6.45, 7) is 2.76. The SMILES string of the molecule is COc1ccc2ncc(CO)c(CCCC3(C(=O)NO)CCN(CCSC4CCCC4)CC3)c2c1. The number of methoxy groups -OCH3 is 1. The van der Waals surface area contributed by atoms with E-state index in [9.17, 15) is 15.1 Å². The number of likely N-dealkylation sites (tertiary alicyclic amines) is 1. The third-order valence-electron chi connectivity index (χ3n) is 7.99. The number of carbonyl (C=O) groups is 1. The maximum absolute atomic E-state index is 12.8. The number of nitrogens with one attached hydrogen (secondary N) is 1. The first-order chi connectivity index (χ1) is 17.1. The number of amides is 1. The molecule has 2 aliphatic rings. The van der Waals surface area contributed by atoms with Gasteiger partial charge in [-0.25, -0.2) is 5.48 Å². The third-order valence-corrected chi connectivity index (χ3v) is 9.35. The monoisotopic (exact) mass is 501 g/mol. The van der Waals surface area contributed by atoms with Gasteiger partial charge in [-0.05, 0) is 87.4 Å². The third kappa shape index (κ3) is 6.28. The lowest BCUT2D eigenvalue weighted by atomic mass is 9.73. The minimum Gasteiger partial charge on any atom is -0.497 e.